The number of nitrogens with one attached hydrogen (secondary N) is 1. The number of benzene rings is 1. The van der Waals surface area contributed by atoms with Crippen molar-refractivity contribution >= 4 is 40.6 Å². The second-order valence-electron chi connectivity index (χ2n) is 4.26. The van der Waals surface area contributed by atoms with Crippen molar-refractivity contribution in [3.05, 3.63) is 45.4 Å². The van der Waals surface area contributed by atoms with Crippen molar-refractivity contribution in [2.45, 2.75) is 6.54 Å². The highest BCUT2D eigenvalue weighted by Crippen LogP contribution is 2.21. The van der Waals surface area contributed by atoms with Crippen molar-refractivity contribution in [1.82, 2.24) is 9.88 Å². The largest absolute Gasteiger partial charge is 0.478 e. The fraction of sp³-hybridized carbons (Fsp3) is 0.154. The standard InChI is InChI=1S/C13H12ClN3O3S/c1-17(5-9-6-21-7-15-9)13(20)16-11-4-8(14)2-3-10(11)12(18)19/h2-4,6-7H,5H2,1H3,(H,16,20)(H,18,19). The van der Waals surface area contributed by atoms with Crippen LogP contribution in [-0.2, 0) is 6.54 Å². The Balaban J connectivity index is 2.11. The van der Waals surface area contributed by atoms with E-state index in [4.69, 9.17) is 16.7 Å². The smallest absolute Gasteiger partial charge is 0.337 e. The Hall–Kier alpha value is -2.12. The molecule has 110 valence electrons. The maximum atomic E-state index is 12.1. The fourth-order valence-corrected chi connectivity index (χ4v) is 2.37. The van der Waals surface area contributed by atoms with Crippen molar-refractivity contribution in [3.63, 3.8) is 0 Å². The molecule has 0 aliphatic heterocycles. The maximum Gasteiger partial charge on any atom is 0.337 e. The second kappa shape index (κ2) is 6.55. The van der Waals surface area contributed by atoms with Crippen LogP contribution in [0.4, 0.5) is 10.5 Å². The Kier molecular flexibility index (Phi) is 4.77. The Labute approximate surface area is 130 Å². The zero-order valence-electron chi connectivity index (χ0n) is 11.0. The predicted octanol–water partition coefficient (Wildman–Crippen LogP) is 3.16. The summed E-state index contributed by atoms with van der Waals surface area (Å²) in [5.74, 6) is -1.14. The number of carboxylic acid groups (broad SMARTS) is 1. The van der Waals surface area contributed by atoms with Gasteiger partial charge in [0.25, 0.3) is 0 Å². The first-order chi connectivity index (χ1) is 9.97. The molecular weight excluding hydrogens is 314 g/mol. The average Bonchev–Trinajstić information content (AvgIpc) is 2.91. The lowest BCUT2D eigenvalue weighted by Crippen LogP contribution is -2.31. The summed E-state index contributed by atoms with van der Waals surface area (Å²) in [5.41, 5.74) is 2.59. The molecular formula is C13H12ClN3O3S. The number of urea groups is 1. The van der Waals surface area contributed by atoms with Gasteiger partial charge in [0, 0.05) is 17.5 Å². The summed E-state index contributed by atoms with van der Waals surface area (Å²) < 4.78 is 0. The number of hydrogen-bond acceptors (Lipinski definition) is 4. The molecule has 1 heterocycles. The Morgan fingerprint density at radius 3 is 2.86 bits per heavy atom. The summed E-state index contributed by atoms with van der Waals surface area (Å²) in [7, 11) is 1.60. The van der Waals surface area contributed by atoms with Crippen LogP contribution in [0.2, 0.25) is 5.02 Å². The molecule has 0 spiro atoms. The monoisotopic (exact) mass is 325 g/mol. The number of anilines is 1. The fourth-order valence-electron chi connectivity index (χ4n) is 1.65. The van der Waals surface area contributed by atoms with Gasteiger partial charge in [0.15, 0.2) is 0 Å². The molecule has 0 aliphatic rings. The molecule has 0 fully saturated rings. The highest BCUT2D eigenvalue weighted by atomic mass is 35.5. The Morgan fingerprint density at radius 2 is 2.24 bits per heavy atom. The number of carbonyl (C=O) groups is 2. The SMILES string of the molecule is CN(Cc1cscn1)C(=O)Nc1cc(Cl)ccc1C(=O)O. The zero-order valence-corrected chi connectivity index (χ0v) is 12.6. The summed E-state index contributed by atoms with van der Waals surface area (Å²) in [4.78, 5) is 28.7. The molecule has 0 bridgehead atoms. The molecule has 0 radical (unpaired) electrons. The highest BCUT2D eigenvalue weighted by molar-refractivity contribution is 7.07. The third-order valence-corrected chi connectivity index (χ3v) is 3.55. The van der Waals surface area contributed by atoms with Gasteiger partial charge in [-0.2, -0.15) is 0 Å². The van der Waals surface area contributed by atoms with E-state index in [0.717, 1.165) is 5.69 Å². The van der Waals surface area contributed by atoms with Crippen LogP contribution < -0.4 is 5.32 Å². The van der Waals surface area contributed by atoms with Gasteiger partial charge in [-0.05, 0) is 18.2 Å². The number of carbonyl (C=O) groups excluding carboxylic acids is 1. The predicted molar refractivity (Wildman–Crippen MR) is 81.0 cm³/mol. The van der Waals surface area contributed by atoms with Crippen LogP contribution in [0.3, 0.4) is 0 Å². The third kappa shape index (κ3) is 3.93. The number of nitrogens with zero attached hydrogens (tertiary/aromatic N) is 2. The molecule has 0 atom stereocenters. The third-order valence-electron chi connectivity index (χ3n) is 2.68. The first kappa shape index (κ1) is 15.3. The van der Waals surface area contributed by atoms with Crippen LogP contribution in [0.15, 0.2) is 29.1 Å². The van der Waals surface area contributed by atoms with E-state index in [2.05, 4.69) is 10.3 Å². The van der Waals surface area contributed by atoms with E-state index >= 15 is 0 Å². The van der Waals surface area contributed by atoms with Crippen LogP contribution in [0.1, 0.15) is 16.1 Å². The molecule has 1 aromatic carbocycles. The number of carboxylic acids is 1. The molecule has 0 saturated heterocycles. The van der Waals surface area contributed by atoms with Crippen molar-refractivity contribution in [2.75, 3.05) is 12.4 Å². The van der Waals surface area contributed by atoms with E-state index in [9.17, 15) is 9.59 Å². The molecule has 0 saturated carbocycles. The quantitative estimate of drug-likeness (QED) is 0.904. The molecule has 2 N–H and O–H groups in total. The first-order valence-electron chi connectivity index (χ1n) is 5.89. The Bertz CT molecular complexity index is 661. The molecule has 6 nitrogen and oxygen atoms in total. The van der Waals surface area contributed by atoms with Crippen LogP contribution in [0.5, 0.6) is 0 Å². The lowest BCUT2D eigenvalue weighted by atomic mass is 10.2. The summed E-state index contributed by atoms with van der Waals surface area (Å²) in [5, 5.41) is 13.8. The van der Waals surface area contributed by atoms with E-state index in [1.54, 1.807) is 12.6 Å². The van der Waals surface area contributed by atoms with Crippen molar-refractivity contribution in [3.8, 4) is 0 Å². The topological polar surface area (TPSA) is 82.5 Å². The van der Waals surface area contributed by atoms with E-state index in [0.29, 0.717) is 11.6 Å². The number of thiazole rings is 1. The lowest BCUT2D eigenvalue weighted by molar-refractivity contribution is 0.0698. The number of rotatable bonds is 4. The van der Waals surface area contributed by atoms with Crippen LogP contribution in [-0.4, -0.2) is 34.0 Å². The number of halogens is 1. The van der Waals surface area contributed by atoms with Crippen LogP contribution in [0.25, 0.3) is 0 Å². The van der Waals surface area contributed by atoms with Gasteiger partial charge in [-0.25, -0.2) is 14.6 Å². The molecule has 21 heavy (non-hydrogen) atoms. The van der Waals surface area contributed by atoms with Crippen LogP contribution >= 0.6 is 22.9 Å². The normalized spacial score (nSPS) is 10.2. The van der Waals surface area contributed by atoms with Gasteiger partial charge in [-0.3, -0.25) is 0 Å². The van der Waals surface area contributed by atoms with Gasteiger partial charge in [-0.15, -0.1) is 11.3 Å². The van der Waals surface area contributed by atoms with E-state index in [1.165, 1.54) is 34.4 Å². The molecule has 2 amide bonds. The summed E-state index contributed by atoms with van der Waals surface area (Å²) >= 11 is 7.27. The molecule has 2 rings (SSSR count). The number of amides is 2. The van der Waals surface area contributed by atoms with Crippen LogP contribution in [0, 0.1) is 0 Å². The maximum absolute atomic E-state index is 12.1. The number of aromatic carboxylic acids is 1. The number of aromatic nitrogens is 1. The molecule has 0 aliphatic carbocycles. The molecule has 1 aromatic heterocycles. The molecule has 8 heteroatoms. The van der Waals surface area contributed by atoms with E-state index in [1.807, 2.05) is 5.38 Å². The van der Waals surface area contributed by atoms with Gasteiger partial charge in [0.1, 0.15) is 0 Å². The highest BCUT2D eigenvalue weighted by Gasteiger charge is 2.16. The number of hydrogen-bond donors (Lipinski definition) is 2. The second-order valence-corrected chi connectivity index (χ2v) is 5.42. The minimum atomic E-state index is -1.14. The van der Waals surface area contributed by atoms with Crippen molar-refractivity contribution < 1.29 is 14.7 Å². The van der Waals surface area contributed by atoms with E-state index < -0.39 is 12.0 Å². The Morgan fingerprint density at radius 1 is 1.48 bits per heavy atom. The van der Waals surface area contributed by atoms with Gasteiger partial charge < -0.3 is 15.3 Å². The minimum Gasteiger partial charge on any atom is -0.478 e. The van der Waals surface area contributed by atoms with Gasteiger partial charge in [0.05, 0.1) is 29.0 Å². The summed E-state index contributed by atoms with van der Waals surface area (Å²) in [6.07, 6.45) is 0. The summed E-state index contributed by atoms with van der Waals surface area (Å²) in [6, 6.07) is 3.77. The van der Waals surface area contributed by atoms with Gasteiger partial charge in [-0.1, -0.05) is 11.6 Å². The summed E-state index contributed by atoms with van der Waals surface area (Å²) in [6.45, 7) is 0.332. The van der Waals surface area contributed by atoms with Gasteiger partial charge >= 0.3 is 12.0 Å². The lowest BCUT2D eigenvalue weighted by Gasteiger charge is -2.17. The molecule has 0 unspecified atom stereocenters. The zero-order chi connectivity index (χ0) is 15.4. The first-order valence-corrected chi connectivity index (χ1v) is 7.21. The van der Waals surface area contributed by atoms with E-state index in [-0.39, 0.29) is 11.3 Å². The average molecular weight is 326 g/mol. The van der Waals surface area contributed by atoms with Gasteiger partial charge in [0.2, 0.25) is 0 Å². The van der Waals surface area contributed by atoms with Crippen molar-refractivity contribution in [1.29, 1.82) is 0 Å². The van der Waals surface area contributed by atoms with Crippen molar-refractivity contribution in [2.24, 2.45) is 0 Å². The minimum absolute atomic E-state index is 0.0187. The molecule has 2 aromatic rings.